The third kappa shape index (κ3) is 2.57. The van der Waals surface area contributed by atoms with E-state index in [1.54, 1.807) is 10.9 Å². The van der Waals surface area contributed by atoms with E-state index >= 15 is 0 Å². The summed E-state index contributed by atoms with van der Waals surface area (Å²) in [4.78, 5) is 25.4. The van der Waals surface area contributed by atoms with E-state index in [0.717, 1.165) is 12.1 Å². The fourth-order valence-electron chi connectivity index (χ4n) is 2.52. The SMILES string of the molecule is CCC[C@H]1NC(=O)N(Cc2nncn2-c2ccccc2)C1=O. The highest BCUT2D eigenvalue weighted by atomic mass is 16.2. The smallest absolute Gasteiger partial charge is 0.325 e. The average molecular weight is 299 g/mol. The molecule has 0 aliphatic carbocycles. The van der Waals surface area contributed by atoms with Crippen molar-refractivity contribution in [3.05, 3.63) is 42.5 Å². The molecule has 1 aliphatic heterocycles. The zero-order valence-corrected chi connectivity index (χ0v) is 12.3. The molecule has 3 amide bonds. The number of hydrogen-bond acceptors (Lipinski definition) is 4. The molecular weight excluding hydrogens is 282 g/mol. The lowest BCUT2D eigenvalue weighted by Crippen LogP contribution is -2.32. The Bertz CT molecular complexity index is 682. The number of nitrogens with one attached hydrogen (secondary N) is 1. The first-order valence-corrected chi connectivity index (χ1v) is 7.27. The summed E-state index contributed by atoms with van der Waals surface area (Å²) in [7, 11) is 0. The number of amides is 3. The second kappa shape index (κ2) is 5.97. The van der Waals surface area contributed by atoms with Crippen molar-refractivity contribution in [1.29, 1.82) is 0 Å². The van der Waals surface area contributed by atoms with E-state index < -0.39 is 6.04 Å². The number of para-hydroxylation sites is 1. The van der Waals surface area contributed by atoms with E-state index in [0.29, 0.717) is 12.2 Å². The van der Waals surface area contributed by atoms with Gasteiger partial charge in [-0.25, -0.2) is 4.79 Å². The number of hydrogen-bond donors (Lipinski definition) is 1. The molecule has 1 saturated heterocycles. The normalized spacial score (nSPS) is 17.9. The summed E-state index contributed by atoms with van der Waals surface area (Å²) in [5.74, 6) is 0.348. The summed E-state index contributed by atoms with van der Waals surface area (Å²) in [6.07, 6.45) is 3.06. The van der Waals surface area contributed by atoms with Gasteiger partial charge in [0, 0.05) is 5.69 Å². The number of benzene rings is 1. The number of nitrogens with zero attached hydrogens (tertiary/aromatic N) is 4. The van der Waals surface area contributed by atoms with Crippen LogP contribution in [0.1, 0.15) is 25.6 Å². The maximum atomic E-state index is 12.3. The molecule has 0 saturated carbocycles. The monoisotopic (exact) mass is 299 g/mol. The molecule has 1 aliphatic rings. The minimum Gasteiger partial charge on any atom is -0.326 e. The lowest BCUT2D eigenvalue weighted by Gasteiger charge is -2.13. The number of urea groups is 1. The van der Waals surface area contributed by atoms with Crippen LogP contribution in [0, 0.1) is 0 Å². The largest absolute Gasteiger partial charge is 0.326 e. The first kappa shape index (κ1) is 14.2. The second-order valence-electron chi connectivity index (χ2n) is 5.17. The van der Waals surface area contributed by atoms with Crippen molar-refractivity contribution in [3.63, 3.8) is 0 Å². The van der Waals surface area contributed by atoms with Gasteiger partial charge in [-0.1, -0.05) is 31.5 Å². The zero-order valence-electron chi connectivity index (χ0n) is 12.3. The molecular formula is C15H17N5O2. The molecule has 1 aromatic carbocycles. The summed E-state index contributed by atoms with van der Waals surface area (Å²) < 4.78 is 1.77. The van der Waals surface area contributed by atoms with Gasteiger partial charge in [-0.05, 0) is 18.6 Å². The van der Waals surface area contributed by atoms with Gasteiger partial charge in [0.25, 0.3) is 5.91 Å². The highest BCUT2D eigenvalue weighted by molar-refractivity contribution is 6.04. The Labute approximate surface area is 127 Å². The van der Waals surface area contributed by atoms with Crippen LogP contribution in [0.15, 0.2) is 36.7 Å². The molecule has 0 radical (unpaired) electrons. The number of carbonyl (C=O) groups excluding carboxylic acids is 2. The summed E-state index contributed by atoms with van der Waals surface area (Å²) in [6.45, 7) is 2.09. The Hall–Kier alpha value is -2.70. The number of rotatable bonds is 5. The summed E-state index contributed by atoms with van der Waals surface area (Å²) in [5.41, 5.74) is 0.889. The van der Waals surface area contributed by atoms with Gasteiger partial charge < -0.3 is 5.32 Å². The Morgan fingerprint density at radius 1 is 1.23 bits per heavy atom. The highest BCUT2D eigenvalue weighted by Gasteiger charge is 2.37. The van der Waals surface area contributed by atoms with Gasteiger partial charge in [-0.3, -0.25) is 14.3 Å². The topological polar surface area (TPSA) is 80.1 Å². The first-order valence-electron chi connectivity index (χ1n) is 7.27. The summed E-state index contributed by atoms with van der Waals surface area (Å²) in [6, 6.07) is 8.77. The van der Waals surface area contributed by atoms with E-state index in [2.05, 4.69) is 15.5 Å². The highest BCUT2D eigenvalue weighted by Crippen LogP contribution is 2.16. The van der Waals surface area contributed by atoms with Crippen LogP contribution >= 0.6 is 0 Å². The van der Waals surface area contributed by atoms with Crippen molar-refractivity contribution in [2.75, 3.05) is 0 Å². The van der Waals surface area contributed by atoms with E-state index in [9.17, 15) is 9.59 Å². The van der Waals surface area contributed by atoms with Crippen molar-refractivity contribution < 1.29 is 9.59 Å². The van der Waals surface area contributed by atoms with Gasteiger partial charge in [-0.15, -0.1) is 10.2 Å². The Morgan fingerprint density at radius 2 is 2.00 bits per heavy atom. The molecule has 22 heavy (non-hydrogen) atoms. The number of imide groups is 1. The molecule has 7 heteroatoms. The fourth-order valence-corrected chi connectivity index (χ4v) is 2.52. The van der Waals surface area contributed by atoms with E-state index in [1.165, 1.54) is 4.90 Å². The summed E-state index contributed by atoms with van der Waals surface area (Å²) >= 11 is 0. The van der Waals surface area contributed by atoms with Gasteiger partial charge in [0.05, 0.1) is 6.54 Å². The van der Waals surface area contributed by atoms with Gasteiger partial charge in [0.2, 0.25) is 0 Å². The predicted octanol–water partition coefficient (Wildman–Crippen LogP) is 1.49. The summed E-state index contributed by atoms with van der Waals surface area (Å²) in [5, 5.41) is 10.6. The van der Waals surface area contributed by atoms with Crippen LogP contribution in [0.25, 0.3) is 5.69 Å². The van der Waals surface area contributed by atoms with E-state index in [-0.39, 0.29) is 18.5 Å². The van der Waals surface area contributed by atoms with Gasteiger partial charge in [0.1, 0.15) is 12.4 Å². The maximum absolute atomic E-state index is 12.3. The Kier molecular flexibility index (Phi) is 3.86. The minimum absolute atomic E-state index is 0.111. The standard InChI is InChI=1S/C15H17N5O2/c1-2-6-12-14(21)19(15(22)17-12)9-13-18-16-10-20(13)11-7-4-3-5-8-11/h3-5,7-8,10,12H,2,6,9H2,1H3,(H,17,22)/t12-/m1/s1. The van der Waals surface area contributed by atoms with E-state index in [1.807, 2.05) is 37.3 Å². The number of aromatic nitrogens is 3. The van der Waals surface area contributed by atoms with Crippen LogP contribution in [0.3, 0.4) is 0 Å². The van der Waals surface area contributed by atoms with Crippen molar-refractivity contribution in [3.8, 4) is 5.69 Å². The molecule has 1 atom stereocenters. The molecule has 0 bridgehead atoms. The molecule has 114 valence electrons. The van der Waals surface area contributed by atoms with Crippen molar-refractivity contribution >= 4 is 11.9 Å². The molecule has 0 spiro atoms. The third-order valence-corrected chi connectivity index (χ3v) is 3.64. The molecule has 3 rings (SSSR count). The molecule has 2 aromatic rings. The first-order chi connectivity index (χ1) is 10.7. The van der Waals surface area contributed by atoms with Gasteiger partial charge in [0.15, 0.2) is 5.82 Å². The lowest BCUT2D eigenvalue weighted by molar-refractivity contribution is -0.128. The van der Waals surface area contributed by atoms with Gasteiger partial charge in [-0.2, -0.15) is 0 Å². The van der Waals surface area contributed by atoms with Crippen LogP contribution in [0.5, 0.6) is 0 Å². The van der Waals surface area contributed by atoms with Crippen LogP contribution < -0.4 is 5.32 Å². The van der Waals surface area contributed by atoms with Crippen LogP contribution in [-0.2, 0) is 11.3 Å². The van der Waals surface area contributed by atoms with Crippen molar-refractivity contribution in [1.82, 2.24) is 25.0 Å². The Morgan fingerprint density at radius 3 is 2.73 bits per heavy atom. The predicted molar refractivity (Wildman–Crippen MR) is 79.1 cm³/mol. The molecule has 1 fully saturated rings. The van der Waals surface area contributed by atoms with E-state index in [4.69, 9.17) is 0 Å². The van der Waals surface area contributed by atoms with Crippen molar-refractivity contribution in [2.24, 2.45) is 0 Å². The Balaban J connectivity index is 1.82. The number of carbonyl (C=O) groups is 2. The quantitative estimate of drug-likeness (QED) is 0.848. The van der Waals surface area contributed by atoms with Crippen molar-refractivity contribution in [2.45, 2.75) is 32.4 Å². The molecule has 1 N–H and O–H groups in total. The molecule has 7 nitrogen and oxygen atoms in total. The zero-order chi connectivity index (χ0) is 15.5. The van der Waals surface area contributed by atoms with Crippen LogP contribution in [0.4, 0.5) is 4.79 Å². The minimum atomic E-state index is -0.425. The van der Waals surface area contributed by atoms with Gasteiger partial charge >= 0.3 is 6.03 Å². The maximum Gasteiger partial charge on any atom is 0.325 e. The molecule has 0 unspecified atom stereocenters. The third-order valence-electron chi connectivity index (χ3n) is 3.64. The second-order valence-corrected chi connectivity index (χ2v) is 5.17. The molecule has 1 aromatic heterocycles. The van der Waals surface area contributed by atoms with Crippen LogP contribution in [-0.4, -0.2) is 37.6 Å². The lowest BCUT2D eigenvalue weighted by atomic mass is 10.2. The average Bonchev–Trinajstić information content (AvgIpc) is 3.09. The molecule has 2 heterocycles. The van der Waals surface area contributed by atoms with Crippen LogP contribution in [0.2, 0.25) is 0 Å². The fraction of sp³-hybridized carbons (Fsp3) is 0.333.